The number of esters is 1. The van der Waals surface area contributed by atoms with E-state index in [1.807, 2.05) is 0 Å². The summed E-state index contributed by atoms with van der Waals surface area (Å²) in [5.41, 5.74) is 0.632. The summed E-state index contributed by atoms with van der Waals surface area (Å²) >= 11 is 0. The molecule has 0 bridgehead atoms. The number of halogens is 5. The fourth-order valence-electron chi connectivity index (χ4n) is 1.80. The Morgan fingerprint density at radius 2 is 1.68 bits per heavy atom. The van der Waals surface area contributed by atoms with E-state index >= 15 is 0 Å². The number of aryl methyl sites for hydroxylation is 1. The van der Waals surface area contributed by atoms with E-state index in [-0.39, 0.29) is 5.56 Å². The monoisotopic (exact) mass is 358 g/mol. The maximum absolute atomic E-state index is 13.9. The summed E-state index contributed by atoms with van der Waals surface area (Å²) in [5, 5.41) is 0. The van der Waals surface area contributed by atoms with Crippen molar-refractivity contribution in [3.63, 3.8) is 0 Å². The van der Waals surface area contributed by atoms with Gasteiger partial charge in [0.25, 0.3) is 0 Å². The van der Waals surface area contributed by atoms with Crippen LogP contribution >= 0.6 is 0 Å². The van der Waals surface area contributed by atoms with Crippen LogP contribution in [0.2, 0.25) is 0 Å². The zero-order valence-corrected chi connectivity index (χ0v) is 12.7. The molecule has 2 aromatic rings. The summed E-state index contributed by atoms with van der Waals surface area (Å²) in [6.07, 6.45) is 0. The molecule has 0 unspecified atom stereocenters. The molecule has 2 rings (SSSR count). The van der Waals surface area contributed by atoms with E-state index in [0.717, 1.165) is 17.7 Å². The summed E-state index contributed by atoms with van der Waals surface area (Å²) in [6, 6.07) is 7.78. The Bertz CT molecular complexity index is 800. The van der Waals surface area contributed by atoms with E-state index in [9.17, 15) is 26.7 Å². The van der Waals surface area contributed by atoms with E-state index in [4.69, 9.17) is 0 Å². The number of carbonyl (C=O) groups excluding carboxylic acids is 1. The van der Waals surface area contributed by atoms with E-state index in [1.54, 1.807) is 6.92 Å². The summed E-state index contributed by atoms with van der Waals surface area (Å²) in [7, 11) is 0. The second-order valence-corrected chi connectivity index (χ2v) is 4.85. The predicted octanol–water partition coefficient (Wildman–Crippen LogP) is 4.95. The lowest BCUT2D eigenvalue weighted by Crippen LogP contribution is -2.10. The molecule has 0 aliphatic carbocycles. The Hall–Kier alpha value is -2.90. The first-order valence-corrected chi connectivity index (χ1v) is 6.86. The Morgan fingerprint density at radius 1 is 1.04 bits per heavy atom. The van der Waals surface area contributed by atoms with E-state index in [1.165, 1.54) is 24.3 Å². The predicted molar refractivity (Wildman–Crippen MR) is 79.0 cm³/mol. The van der Waals surface area contributed by atoms with Gasteiger partial charge in [-0.1, -0.05) is 29.8 Å². The highest BCUT2D eigenvalue weighted by Crippen LogP contribution is 2.26. The molecule has 0 aliphatic rings. The topological polar surface area (TPSA) is 35.5 Å². The quantitative estimate of drug-likeness (QED) is 0.328. The van der Waals surface area contributed by atoms with Crippen molar-refractivity contribution in [2.24, 2.45) is 0 Å². The average molecular weight is 358 g/mol. The van der Waals surface area contributed by atoms with E-state index in [0.29, 0.717) is 6.07 Å². The van der Waals surface area contributed by atoms with Crippen molar-refractivity contribution >= 4 is 11.8 Å². The molecule has 0 heterocycles. The molecule has 0 fully saturated rings. The largest absolute Gasteiger partial charge is 0.432 e. The van der Waals surface area contributed by atoms with Crippen molar-refractivity contribution < 1.29 is 36.2 Å². The smallest absolute Gasteiger partial charge is 0.387 e. The minimum Gasteiger partial charge on any atom is -0.432 e. The normalized spacial score (nSPS) is 12.0. The molecule has 0 aromatic heterocycles. The first kappa shape index (κ1) is 18.4. The summed E-state index contributed by atoms with van der Waals surface area (Å²) in [4.78, 5) is 11.6. The lowest BCUT2D eigenvalue weighted by atomic mass is 10.1. The number of alkyl halides is 2. The van der Waals surface area contributed by atoms with Crippen LogP contribution in [0.15, 0.2) is 48.3 Å². The van der Waals surface area contributed by atoms with Crippen LogP contribution in [-0.2, 0) is 4.79 Å². The molecular weight excluding hydrogens is 347 g/mol. The molecule has 0 N–H and O–H groups in total. The van der Waals surface area contributed by atoms with Gasteiger partial charge in [0, 0.05) is 11.6 Å². The average Bonchev–Trinajstić information content (AvgIpc) is 2.56. The van der Waals surface area contributed by atoms with Crippen LogP contribution in [0.25, 0.3) is 5.83 Å². The Kier molecular flexibility index (Phi) is 5.74. The maximum Gasteiger partial charge on any atom is 0.387 e. The second kappa shape index (κ2) is 7.78. The van der Waals surface area contributed by atoms with E-state index < -0.39 is 41.6 Å². The van der Waals surface area contributed by atoms with Gasteiger partial charge in [-0.15, -0.1) is 0 Å². The highest BCUT2D eigenvalue weighted by atomic mass is 19.3. The second-order valence-electron chi connectivity index (χ2n) is 4.85. The Morgan fingerprint density at radius 3 is 2.24 bits per heavy atom. The number of hydrogen-bond acceptors (Lipinski definition) is 3. The lowest BCUT2D eigenvalue weighted by Gasteiger charge is -2.08. The van der Waals surface area contributed by atoms with Gasteiger partial charge in [-0.2, -0.15) is 13.2 Å². The standard InChI is InChI=1S/C17H11F5O3/c1-9-2-4-10(5-3-9)14(19)15(20)16(23)24-11-6-7-13(12(18)8-11)25-17(21)22/h2-8,17H,1H3/b15-14+. The SMILES string of the molecule is Cc1ccc(/C(F)=C(\F)C(=O)Oc2ccc(OC(F)F)c(F)c2)cc1. The third-order valence-electron chi connectivity index (χ3n) is 3.01. The summed E-state index contributed by atoms with van der Waals surface area (Å²) in [6.45, 7) is -1.50. The van der Waals surface area contributed by atoms with Crippen LogP contribution in [0.5, 0.6) is 11.5 Å². The fraction of sp³-hybridized carbons (Fsp3) is 0.118. The van der Waals surface area contributed by atoms with Gasteiger partial charge in [0.2, 0.25) is 5.83 Å². The van der Waals surface area contributed by atoms with Gasteiger partial charge in [0.05, 0.1) is 0 Å². The molecule has 2 aromatic carbocycles. The van der Waals surface area contributed by atoms with Crippen molar-refractivity contribution in [1.29, 1.82) is 0 Å². The molecule has 0 amide bonds. The first-order chi connectivity index (χ1) is 11.8. The highest BCUT2D eigenvalue weighted by molar-refractivity contribution is 5.94. The third-order valence-corrected chi connectivity index (χ3v) is 3.01. The molecule has 0 spiro atoms. The number of ether oxygens (including phenoxy) is 2. The summed E-state index contributed by atoms with van der Waals surface area (Å²) < 4.78 is 73.6. The first-order valence-electron chi connectivity index (χ1n) is 6.86. The van der Waals surface area contributed by atoms with Gasteiger partial charge in [0.15, 0.2) is 17.4 Å². The Labute approximate surface area is 139 Å². The minimum absolute atomic E-state index is 0.174. The van der Waals surface area contributed by atoms with Gasteiger partial charge < -0.3 is 9.47 Å². The molecule has 0 aliphatic heterocycles. The molecular formula is C17H11F5O3. The fourth-order valence-corrected chi connectivity index (χ4v) is 1.80. The zero-order chi connectivity index (χ0) is 18.6. The van der Waals surface area contributed by atoms with Crippen LogP contribution in [0.4, 0.5) is 22.0 Å². The van der Waals surface area contributed by atoms with Gasteiger partial charge in [-0.05, 0) is 19.1 Å². The van der Waals surface area contributed by atoms with Crippen molar-refractivity contribution in [2.75, 3.05) is 0 Å². The van der Waals surface area contributed by atoms with Crippen molar-refractivity contribution in [2.45, 2.75) is 13.5 Å². The van der Waals surface area contributed by atoms with E-state index in [2.05, 4.69) is 9.47 Å². The van der Waals surface area contributed by atoms with Gasteiger partial charge in [-0.25, -0.2) is 13.6 Å². The maximum atomic E-state index is 13.9. The molecule has 8 heteroatoms. The van der Waals surface area contributed by atoms with Crippen LogP contribution in [-0.4, -0.2) is 12.6 Å². The molecule has 0 atom stereocenters. The third kappa shape index (κ3) is 4.79. The van der Waals surface area contributed by atoms with Crippen molar-refractivity contribution in [1.82, 2.24) is 0 Å². The van der Waals surface area contributed by atoms with Gasteiger partial charge >= 0.3 is 12.6 Å². The molecule has 0 saturated heterocycles. The number of hydrogen-bond donors (Lipinski definition) is 0. The number of benzene rings is 2. The zero-order valence-electron chi connectivity index (χ0n) is 12.7. The Balaban J connectivity index is 2.16. The molecule has 0 radical (unpaired) electrons. The van der Waals surface area contributed by atoms with Crippen LogP contribution in [0, 0.1) is 12.7 Å². The van der Waals surface area contributed by atoms with Crippen LogP contribution in [0.3, 0.4) is 0 Å². The minimum atomic E-state index is -3.24. The molecule has 0 saturated carbocycles. The lowest BCUT2D eigenvalue weighted by molar-refractivity contribution is -0.131. The van der Waals surface area contributed by atoms with Gasteiger partial charge in [-0.3, -0.25) is 0 Å². The summed E-state index contributed by atoms with van der Waals surface area (Å²) in [5.74, 6) is -7.48. The number of rotatable bonds is 5. The molecule has 3 nitrogen and oxygen atoms in total. The number of carbonyl (C=O) groups is 1. The van der Waals surface area contributed by atoms with Crippen molar-refractivity contribution in [3.05, 3.63) is 65.2 Å². The van der Waals surface area contributed by atoms with Gasteiger partial charge in [0.1, 0.15) is 5.75 Å². The molecule has 132 valence electrons. The van der Waals surface area contributed by atoms with Crippen LogP contribution in [0.1, 0.15) is 11.1 Å². The molecule has 25 heavy (non-hydrogen) atoms. The van der Waals surface area contributed by atoms with Crippen molar-refractivity contribution in [3.8, 4) is 11.5 Å². The highest BCUT2D eigenvalue weighted by Gasteiger charge is 2.20. The van der Waals surface area contributed by atoms with Crippen LogP contribution < -0.4 is 9.47 Å².